The average Bonchev–Trinajstić information content (AvgIpc) is 3.59. The molecule has 2 saturated heterocycles. The van der Waals surface area contributed by atoms with Crippen LogP contribution in [0.4, 0.5) is 4.39 Å². The Morgan fingerprint density at radius 2 is 2.02 bits per heavy atom. The van der Waals surface area contributed by atoms with Crippen LogP contribution in [0.25, 0.3) is 11.6 Å². The third-order valence-corrected chi connectivity index (χ3v) is 9.77. The number of halogens is 1. The molecular formula is C33H34BFN2O5S. The quantitative estimate of drug-likeness (QED) is 0.188. The minimum Gasteiger partial charge on any atom is -0.505 e. The lowest BCUT2D eigenvalue weighted by molar-refractivity contribution is -0.140. The third-order valence-electron chi connectivity index (χ3n) is 8.91. The maximum Gasteiger partial charge on any atom is 0.455 e. The van der Waals surface area contributed by atoms with Gasteiger partial charge in [0.15, 0.2) is 11.6 Å². The molecule has 4 atom stereocenters. The molecule has 1 aromatic carbocycles. The largest absolute Gasteiger partial charge is 0.505 e. The molecule has 43 heavy (non-hydrogen) atoms. The fraction of sp³-hybridized carbons (Fsp3) is 0.364. The van der Waals surface area contributed by atoms with Crippen molar-refractivity contribution in [2.45, 2.75) is 52.1 Å². The minimum atomic E-state index is -1.06. The molecule has 7 nitrogen and oxygen atoms in total. The zero-order valence-electron chi connectivity index (χ0n) is 24.2. The Morgan fingerprint density at radius 1 is 1.19 bits per heavy atom. The molecule has 222 valence electrons. The van der Waals surface area contributed by atoms with Gasteiger partial charge >= 0.3 is 7.12 Å². The van der Waals surface area contributed by atoms with Crippen molar-refractivity contribution < 1.29 is 28.8 Å². The van der Waals surface area contributed by atoms with E-state index in [2.05, 4.69) is 18.8 Å². The Labute approximate surface area is 254 Å². The van der Waals surface area contributed by atoms with Crippen LogP contribution in [0.1, 0.15) is 49.2 Å². The van der Waals surface area contributed by atoms with Gasteiger partial charge in [-0.15, -0.1) is 11.3 Å². The Morgan fingerprint density at radius 3 is 2.72 bits per heavy atom. The molecule has 2 amide bonds. The highest BCUT2D eigenvalue weighted by Gasteiger charge is 2.57. The molecule has 0 bridgehead atoms. The number of carbonyl (C=O) groups excluding carboxylic acids is 2. The number of hydrogen-bond donors (Lipinski definition) is 2. The number of allylic oxidation sites excluding steroid dienone is 2. The summed E-state index contributed by atoms with van der Waals surface area (Å²) < 4.78 is 20.3. The van der Waals surface area contributed by atoms with Crippen LogP contribution >= 0.6 is 11.3 Å². The Balaban J connectivity index is 1.31. The zero-order valence-corrected chi connectivity index (χ0v) is 25.0. The number of amides is 2. The maximum atomic E-state index is 14.2. The van der Waals surface area contributed by atoms with Gasteiger partial charge in [0, 0.05) is 11.1 Å². The first-order valence-electron chi connectivity index (χ1n) is 14.8. The SMILES string of the molecule is CC(C)C1=C2[C@@H](CC/C(=C/c3ccc(O)c(F)c3)c3ccccn3)OB(O)C[C@@H]2[C@@H]2C(=O)N(Cc3cccs3)C(=O)[C@@H]2C1. The zero-order chi connectivity index (χ0) is 30.2. The van der Waals surface area contributed by atoms with Gasteiger partial charge in [-0.05, 0) is 95.9 Å². The highest BCUT2D eigenvalue weighted by molar-refractivity contribution is 7.09. The highest BCUT2D eigenvalue weighted by atomic mass is 32.1. The first kappa shape index (κ1) is 29.5. The van der Waals surface area contributed by atoms with E-state index in [1.807, 2.05) is 41.8 Å². The lowest BCUT2D eigenvalue weighted by Gasteiger charge is -2.44. The minimum absolute atomic E-state index is 0.125. The van der Waals surface area contributed by atoms with E-state index in [4.69, 9.17) is 4.65 Å². The number of pyridine rings is 1. The standard InChI is InChI=1S/C33H34BFN2O5S/c1-19(2)23-16-24-31(33(40)37(32(24)39)18-22-6-5-13-43-22)25-17-34(41)42-29(30(23)25)11-9-21(27-7-3-4-12-36-27)14-20-8-10-28(38)26(35)15-20/h3-8,10,12-15,19,24-25,29,31,38,41H,9,11,16-18H2,1-2H3/b21-14-/t24-,25+,29-,31-/m1/s1. The molecule has 4 heterocycles. The molecule has 2 N–H and O–H groups in total. The van der Waals surface area contributed by atoms with Gasteiger partial charge in [-0.1, -0.05) is 37.6 Å². The molecule has 10 heteroatoms. The van der Waals surface area contributed by atoms with Crippen molar-refractivity contribution in [3.05, 3.63) is 93.2 Å². The molecular weight excluding hydrogens is 566 g/mol. The van der Waals surface area contributed by atoms with E-state index >= 15 is 0 Å². The van der Waals surface area contributed by atoms with Gasteiger partial charge in [-0.25, -0.2) is 4.39 Å². The lowest BCUT2D eigenvalue weighted by Crippen LogP contribution is -2.46. The van der Waals surface area contributed by atoms with E-state index in [0.29, 0.717) is 24.8 Å². The molecule has 0 unspecified atom stereocenters. The van der Waals surface area contributed by atoms with E-state index in [9.17, 15) is 24.1 Å². The number of phenols is 1. The average molecular weight is 601 g/mol. The van der Waals surface area contributed by atoms with Gasteiger partial charge in [0.25, 0.3) is 0 Å². The smallest absolute Gasteiger partial charge is 0.455 e. The second-order valence-corrected chi connectivity index (χ2v) is 12.9. The van der Waals surface area contributed by atoms with Crippen LogP contribution in [0, 0.1) is 29.5 Å². The van der Waals surface area contributed by atoms with Crippen molar-refractivity contribution in [2.24, 2.45) is 23.7 Å². The number of fused-ring (bicyclic) bond motifs is 3. The topological polar surface area (TPSA) is 100.0 Å². The van der Waals surface area contributed by atoms with E-state index in [1.165, 1.54) is 28.4 Å². The van der Waals surface area contributed by atoms with E-state index in [1.54, 1.807) is 12.3 Å². The first-order valence-corrected chi connectivity index (χ1v) is 15.6. The number of carbonyl (C=O) groups is 2. The van der Waals surface area contributed by atoms with Crippen LogP contribution in [-0.4, -0.2) is 45.1 Å². The van der Waals surface area contributed by atoms with Crippen LogP contribution in [-0.2, 0) is 20.8 Å². The Bertz CT molecular complexity index is 1580. The lowest BCUT2D eigenvalue weighted by atomic mass is 9.57. The van der Waals surface area contributed by atoms with Gasteiger partial charge in [0.1, 0.15) is 0 Å². The normalized spacial score (nSPS) is 24.2. The number of imide groups is 1. The van der Waals surface area contributed by atoms with Crippen molar-refractivity contribution in [1.82, 2.24) is 9.88 Å². The molecule has 2 fully saturated rings. The summed E-state index contributed by atoms with van der Waals surface area (Å²) in [5.41, 5.74) is 4.33. The third kappa shape index (κ3) is 5.83. The molecule has 3 aliphatic rings. The summed E-state index contributed by atoms with van der Waals surface area (Å²) in [5, 5.41) is 22.5. The number of rotatable bonds is 8. The van der Waals surface area contributed by atoms with Crippen molar-refractivity contribution in [3.63, 3.8) is 0 Å². The van der Waals surface area contributed by atoms with Gasteiger partial charge in [-0.3, -0.25) is 19.5 Å². The monoisotopic (exact) mass is 600 g/mol. The number of nitrogens with zero attached hydrogens (tertiary/aromatic N) is 2. The summed E-state index contributed by atoms with van der Waals surface area (Å²) in [6.45, 7) is 4.48. The second-order valence-electron chi connectivity index (χ2n) is 11.9. The van der Waals surface area contributed by atoms with Gasteiger partial charge in [0.05, 0.1) is 30.2 Å². The van der Waals surface area contributed by atoms with Crippen LogP contribution in [0.3, 0.4) is 0 Å². The number of aromatic hydroxyl groups is 1. The summed E-state index contributed by atoms with van der Waals surface area (Å²) in [5.74, 6) is -2.50. The fourth-order valence-corrected chi connectivity index (χ4v) is 7.65. The summed E-state index contributed by atoms with van der Waals surface area (Å²) >= 11 is 1.53. The fourth-order valence-electron chi connectivity index (χ4n) is 6.96. The number of hydrogen-bond acceptors (Lipinski definition) is 7. The highest BCUT2D eigenvalue weighted by Crippen LogP contribution is 2.52. The molecule has 1 aliphatic carbocycles. The predicted molar refractivity (Wildman–Crippen MR) is 164 cm³/mol. The molecule has 2 aromatic heterocycles. The van der Waals surface area contributed by atoms with E-state index in [-0.39, 0.29) is 36.5 Å². The summed E-state index contributed by atoms with van der Waals surface area (Å²) in [7, 11) is -1.06. The van der Waals surface area contributed by atoms with E-state index in [0.717, 1.165) is 27.3 Å². The molecule has 2 aliphatic heterocycles. The van der Waals surface area contributed by atoms with E-state index < -0.39 is 36.6 Å². The molecule has 0 saturated carbocycles. The Hall–Kier alpha value is -3.60. The predicted octanol–water partition coefficient (Wildman–Crippen LogP) is 5.96. The Kier molecular flexibility index (Phi) is 8.35. The second kappa shape index (κ2) is 12.2. The number of benzene rings is 1. The van der Waals surface area contributed by atoms with Crippen LogP contribution in [0.5, 0.6) is 5.75 Å². The number of thiophene rings is 1. The van der Waals surface area contributed by atoms with Gasteiger partial charge < -0.3 is 14.8 Å². The molecule has 3 aromatic rings. The van der Waals surface area contributed by atoms with Gasteiger partial charge in [-0.2, -0.15) is 0 Å². The van der Waals surface area contributed by atoms with Crippen molar-refractivity contribution in [1.29, 1.82) is 0 Å². The van der Waals surface area contributed by atoms with Crippen LogP contribution in [0.2, 0.25) is 6.32 Å². The summed E-state index contributed by atoms with van der Waals surface area (Å²) in [4.78, 5) is 34.3. The van der Waals surface area contributed by atoms with Crippen molar-refractivity contribution >= 4 is 41.9 Å². The summed E-state index contributed by atoms with van der Waals surface area (Å²) in [6, 6.07) is 13.7. The first-order chi connectivity index (χ1) is 20.7. The maximum absolute atomic E-state index is 14.2. The number of aromatic nitrogens is 1. The molecule has 0 radical (unpaired) electrons. The van der Waals surface area contributed by atoms with Crippen LogP contribution < -0.4 is 0 Å². The summed E-state index contributed by atoms with van der Waals surface area (Å²) in [6.07, 6.45) is 4.87. The van der Waals surface area contributed by atoms with Crippen molar-refractivity contribution in [2.75, 3.05) is 0 Å². The molecule has 0 spiro atoms. The van der Waals surface area contributed by atoms with Crippen LogP contribution in [0.15, 0.2) is 71.3 Å². The number of phenolic OH excluding ortho intramolecular Hbond substituents is 1. The van der Waals surface area contributed by atoms with Gasteiger partial charge in [0.2, 0.25) is 11.8 Å². The molecule has 6 rings (SSSR count). The number of likely N-dealkylation sites (tertiary alicyclic amines) is 1. The van der Waals surface area contributed by atoms with Crippen molar-refractivity contribution in [3.8, 4) is 5.75 Å².